The number of hydrogen-bond acceptors (Lipinski definition) is 7. The maximum Gasteiger partial charge on any atom is 0.252 e. The summed E-state index contributed by atoms with van der Waals surface area (Å²) in [6.07, 6.45) is 4.80. The van der Waals surface area contributed by atoms with E-state index >= 15 is 0 Å². The minimum Gasteiger partial charge on any atom is -0.391 e. The molecule has 170 valence electrons. The number of imidazole rings is 1. The number of aromatic amines is 1. The molecule has 0 bridgehead atoms. The van der Waals surface area contributed by atoms with E-state index in [-0.39, 0.29) is 18.2 Å². The van der Waals surface area contributed by atoms with Gasteiger partial charge in [0, 0.05) is 38.2 Å². The van der Waals surface area contributed by atoms with Gasteiger partial charge in [0.1, 0.15) is 12.2 Å². The van der Waals surface area contributed by atoms with Crippen molar-refractivity contribution >= 4 is 22.9 Å². The third-order valence-electron chi connectivity index (χ3n) is 6.03. The van der Waals surface area contributed by atoms with Crippen molar-refractivity contribution in [1.29, 1.82) is 0 Å². The molecule has 34 heavy (non-hydrogen) atoms. The number of H-pyrrole nitrogens is 1. The van der Waals surface area contributed by atoms with Gasteiger partial charge in [0.2, 0.25) is 0 Å². The van der Waals surface area contributed by atoms with Gasteiger partial charge in [0.25, 0.3) is 5.56 Å². The topological polar surface area (TPSA) is 115 Å². The molecule has 0 saturated heterocycles. The molecule has 0 aliphatic carbocycles. The average molecular weight is 492 g/mol. The second-order valence-corrected chi connectivity index (χ2v) is 9.49. The molecule has 1 aliphatic rings. The zero-order valence-electron chi connectivity index (χ0n) is 17.7. The number of hydrogen-bond donors (Lipinski definition) is 2. The highest BCUT2D eigenvalue weighted by Crippen LogP contribution is 2.34. The van der Waals surface area contributed by atoms with E-state index in [9.17, 15) is 9.90 Å². The fraction of sp³-hybridized carbons (Fsp3) is 0.174. The Hall–Kier alpha value is -3.60. The summed E-state index contributed by atoms with van der Waals surface area (Å²) in [6, 6.07) is 10.8. The largest absolute Gasteiger partial charge is 0.391 e. The number of rotatable bonds is 5. The van der Waals surface area contributed by atoms with Crippen LogP contribution in [-0.2, 0) is 13.0 Å². The van der Waals surface area contributed by atoms with Gasteiger partial charge in [-0.3, -0.25) is 4.79 Å². The highest BCUT2D eigenvalue weighted by molar-refractivity contribution is 7.10. The van der Waals surface area contributed by atoms with E-state index in [0.29, 0.717) is 5.02 Å². The zero-order valence-corrected chi connectivity index (χ0v) is 19.3. The number of aliphatic hydroxyl groups excluding tert-OH is 1. The molecule has 4 aromatic heterocycles. The Morgan fingerprint density at radius 1 is 1.21 bits per heavy atom. The lowest BCUT2D eigenvalue weighted by atomic mass is 10.0. The van der Waals surface area contributed by atoms with Crippen LogP contribution in [0.4, 0.5) is 0 Å². The molecule has 0 fully saturated rings. The van der Waals surface area contributed by atoms with Crippen molar-refractivity contribution in [2.45, 2.75) is 25.5 Å². The highest BCUT2D eigenvalue weighted by atomic mass is 35.5. The normalized spacial score (nSPS) is 15.1. The van der Waals surface area contributed by atoms with E-state index in [1.165, 1.54) is 17.7 Å². The van der Waals surface area contributed by atoms with Crippen LogP contribution in [0, 0.1) is 0 Å². The van der Waals surface area contributed by atoms with Gasteiger partial charge in [0.05, 0.1) is 30.2 Å². The van der Waals surface area contributed by atoms with Gasteiger partial charge in [-0.2, -0.15) is 4.68 Å². The van der Waals surface area contributed by atoms with Crippen LogP contribution in [-0.4, -0.2) is 39.8 Å². The summed E-state index contributed by atoms with van der Waals surface area (Å²) in [5.41, 5.74) is 4.96. The first-order chi connectivity index (χ1) is 16.6. The molecular formula is C23H18ClN7O2S. The van der Waals surface area contributed by atoms with Crippen LogP contribution in [0.3, 0.4) is 0 Å². The van der Waals surface area contributed by atoms with Crippen molar-refractivity contribution in [1.82, 2.24) is 34.7 Å². The Morgan fingerprint density at radius 3 is 2.91 bits per heavy atom. The molecule has 9 nitrogen and oxygen atoms in total. The minimum atomic E-state index is -0.167. The van der Waals surface area contributed by atoms with E-state index in [4.69, 9.17) is 11.6 Å². The number of halogens is 1. The molecule has 0 spiro atoms. The quantitative estimate of drug-likeness (QED) is 0.388. The Labute approximate surface area is 202 Å². The van der Waals surface area contributed by atoms with Gasteiger partial charge in [-0.1, -0.05) is 11.6 Å². The lowest BCUT2D eigenvalue weighted by Crippen LogP contribution is -2.23. The van der Waals surface area contributed by atoms with Crippen LogP contribution in [0.5, 0.6) is 0 Å². The van der Waals surface area contributed by atoms with Gasteiger partial charge in [-0.15, -0.1) is 16.4 Å². The number of aryl methyl sites for hydroxylation is 1. The van der Waals surface area contributed by atoms with Crippen LogP contribution in [0.1, 0.15) is 28.9 Å². The van der Waals surface area contributed by atoms with E-state index < -0.39 is 0 Å². The Kier molecular flexibility index (Phi) is 5.13. The van der Waals surface area contributed by atoms with Gasteiger partial charge in [-0.25, -0.2) is 4.98 Å². The Balaban J connectivity index is 1.38. The standard InChI is InChI=1S/C23H18ClN7O2S/c24-15-1-3-20(30-12-26-28-29-30)18(8-15)13-5-16-2-4-21(31(16)22(33)7-13)23-25-9-19(27-23)14-6-17(10-32)34-11-14/h1,3,5-9,11-12,21,32H,2,4,10H2,(H,25,27)/t21-/m0/s1. The van der Waals surface area contributed by atoms with E-state index in [0.717, 1.165) is 57.3 Å². The third kappa shape index (κ3) is 3.56. The first kappa shape index (κ1) is 21.0. The molecule has 0 saturated carbocycles. The SMILES string of the molecule is O=c1cc(-c2cc(Cl)ccc2-n2cnnn2)cc2n1[C@H](c1ncc(-c3csc(CO)c3)[nH]1)CC2. The summed E-state index contributed by atoms with van der Waals surface area (Å²) in [5.74, 6) is 0.748. The van der Waals surface area contributed by atoms with Crippen molar-refractivity contribution < 1.29 is 5.11 Å². The molecule has 0 radical (unpaired) electrons. The second kappa shape index (κ2) is 8.32. The van der Waals surface area contributed by atoms with Crippen molar-refractivity contribution in [2.24, 2.45) is 0 Å². The molecular weight excluding hydrogens is 474 g/mol. The number of nitrogens with zero attached hydrogens (tertiary/aromatic N) is 6. The number of thiophene rings is 1. The monoisotopic (exact) mass is 491 g/mol. The number of benzene rings is 1. The lowest BCUT2D eigenvalue weighted by molar-refractivity contribution is 0.285. The lowest BCUT2D eigenvalue weighted by Gasteiger charge is -2.15. The predicted octanol–water partition coefficient (Wildman–Crippen LogP) is 3.62. The van der Waals surface area contributed by atoms with Crippen LogP contribution in [0.25, 0.3) is 28.1 Å². The highest BCUT2D eigenvalue weighted by Gasteiger charge is 2.28. The summed E-state index contributed by atoms with van der Waals surface area (Å²) in [4.78, 5) is 22.1. The first-order valence-corrected chi connectivity index (χ1v) is 11.9. The summed E-state index contributed by atoms with van der Waals surface area (Å²) < 4.78 is 3.36. The van der Waals surface area contributed by atoms with Crippen molar-refractivity contribution in [3.05, 3.63) is 86.1 Å². The third-order valence-corrected chi connectivity index (χ3v) is 7.19. The summed E-state index contributed by atoms with van der Waals surface area (Å²) in [6.45, 7) is 0.0150. The molecule has 2 N–H and O–H groups in total. The molecule has 1 atom stereocenters. The molecule has 6 rings (SSSR count). The number of aliphatic hydroxyl groups is 1. The van der Waals surface area contributed by atoms with E-state index in [1.54, 1.807) is 27.6 Å². The van der Waals surface area contributed by atoms with Gasteiger partial charge in [0.15, 0.2) is 0 Å². The fourth-order valence-electron chi connectivity index (χ4n) is 4.48. The van der Waals surface area contributed by atoms with E-state index in [1.807, 2.05) is 29.6 Å². The fourth-order valence-corrected chi connectivity index (χ4v) is 5.39. The van der Waals surface area contributed by atoms with Crippen LogP contribution < -0.4 is 5.56 Å². The second-order valence-electron chi connectivity index (χ2n) is 8.06. The van der Waals surface area contributed by atoms with E-state index in [2.05, 4.69) is 25.5 Å². The van der Waals surface area contributed by atoms with Crippen LogP contribution >= 0.6 is 22.9 Å². The molecule has 1 aliphatic heterocycles. The molecule has 1 aromatic carbocycles. The molecule has 0 unspecified atom stereocenters. The number of pyridine rings is 1. The number of nitrogens with one attached hydrogen (secondary N) is 1. The summed E-state index contributed by atoms with van der Waals surface area (Å²) in [5, 5.41) is 23.3. The number of tetrazole rings is 1. The molecule has 11 heteroatoms. The summed E-state index contributed by atoms with van der Waals surface area (Å²) >= 11 is 7.78. The average Bonchev–Trinajstić information content (AvgIpc) is 3.64. The molecule has 5 aromatic rings. The van der Waals surface area contributed by atoms with Gasteiger partial charge < -0.3 is 14.7 Å². The Morgan fingerprint density at radius 2 is 2.12 bits per heavy atom. The summed E-state index contributed by atoms with van der Waals surface area (Å²) in [7, 11) is 0. The van der Waals surface area contributed by atoms with Crippen molar-refractivity contribution in [3.8, 4) is 28.1 Å². The first-order valence-electron chi connectivity index (χ1n) is 10.6. The van der Waals surface area contributed by atoms with Crippen LogP contribution in [0.15, 0.2) is 59.1 Å². The maximum absolute atomic E-state index is 13.3. The predicted molar refractivity (Wildman–Crippen MR) is 128 cm³/mol. The maximum atomic E-state index is 13.3. The molecule has 5 heterocycles. The number of fused-ring (bicyclic) bond motifs is 1. The van der Waals surface area contributed by atoms with Crippen molar-refractivity contribution in [3.63, 3.8) is 0 Å². The van der Waals surface area contributed by atoms with Gasteiger partial charge >= 0.3 is 0 Å². The van der Waals surface area contributed by atoms with Gasteiger partial charge in [-0.05, 0) is 59.2 Å². The Bertz CT molecular complexity index is 1550. The zero-order chi connectivity index (χ0) is 23.2. The van der Waals surface area contributed by atoms with Crippen LogP contribution in [0.2, 0.25) is 5.02 Å². The smallest absolute Gasteiger partial charge is 0.252 e. The minimum absolute atomic E-state index is 0.0150. The molecule has 0 amide bonds. The number of aromatic nitrogens is 7. The van der Waals surface area contributed by atoms with Crippen molar-refractivity contribution in [2.75, 3.05) is 0 Å².